The largest absolute Gasteiger partial charge is 0.312 e. The number of nitrogens with zero attached hydrogens (tertiary/aromatic N) is 1. The SMILES string of the molecule is FC(F)CN1C[C@@H]2CCCN[C@@H]2C1. The zero-order valence-corrected chi connectivity index (χ0v) is 7.68. The van der Waals surface area contributed by atoms with E-state index in [2.05, 4.69) is 5.32 Å². The van der Waals surface area contributed by atoms with E-state index in [4.69, 9.17) is 0 Å². The van der Waals surface area contributed by atoms with Gasteiger partial charge in [-0.05, 0) is 25.3 Å². The molecule has 0 aliphatic carbocycles. The normalized spacial score (nSPS) is 35.3. The van der Waals surface area contributed by atoms with Crippen molar-refractivity contribution in [2.24, 2.45) is 5.92 Å². The lowest BCUT2D eigenvalue weighted by atomic mass is 9.94. The van der Waals surface area contributed by atoms with Crippen LogP contribution in [0, 0.1) is 5.92 Å². The highest BCUT2D eigenvalue weighted by Crippen LogP contribution is 2.24. The second-order valence-electron chi connectivity index (χ2n) is 4.07. The van der Waals surface area contributed by atoms with Gasteiger partial charge in [0, 0.05) is 19.1 Å². The van der Waals surface area contributed by atoms with Crippen LogP contribution in [-0.4, -0.2) is 43.5 Å². The van der Waals surface area contributed by atoms with Crippen LogP contribution in [0.25, 0.3) is 0 Å². The molecule has 2 atom stereocenters. The number of rotatable bonds is 2. The van der Waals surface area contributed by atoms with Gasteiger partial charge in [-0.25, -0.2) is 8.78 Å². The first-order valence-corrected chi connectivity index (χ1v) is 4.99. The Kier molecular flexibility index (Phi) is 2.79. The van der Waals surface area contributed by atoms with Gasteiger partial charge in [0.05, 0.1) is 6.54 Å². The standard InChI is InChI=1S/C9H16F2N2/c10-9(11)6-13-4-7-2-1-3-12-8(7)5-13/h7-9,12H,1-6H2/t7-,8+/m0/s1. The Morgan fingerprint density at radius 2 is 2.23 bits per heavy atom. The highest BCUT2D eigenvalue weighted by Gasteiger charge is 2.34. The highest BCUT2D eigenvalue weighted by molar-refractivity contribution is 4.91. The van der Waals surface area contributed by atoms with Crippen LogP contribution < -0.4 is 5.32 Å². The zero-order valence-electron chi connectivity index (χ0n) is 7.68. The van der Waals surface area contributed by atoms with Crippen molar-refractivity contribution in [3.8, 4) is 0 Å². The summed E-state index contributed by atoms with van der Waals surface area (Å²) in [6.45, 7) is 2.69. The third-order valence-corrected chi connectivity index (χ3v) is 3.07. The highest BCUT2D eigenvalue weighted by atomic mass is 19.3. The minimum atomic E-state index is -2.18. The summed E-state index contributed by atoms with van der Waals surface area (Å²) in [5.41, 5.74) is 0. The van der Waals surface area contributed by atoms with Gasteiger partial charge in [-0.3, -0.25) is 4.90 Å². The molecule has 13 heavy (non-hydrogen) atoms. The third kappa shape index (κ3) is 2.17. The van der Waals surface area contributed by atoms with Crippen molar-refractivity contribution in [1.82, 2.24) is 10.2 Å². The molecule has 2 heterocycles. The number of likely N-dealkylation sites (tertiary alicyclic amines) is 1. The lowest BCUT2D eigenvalue weighted by Crippen LogP contribution is -2.40. The summed E-state index contributed by atoms with van der Waals surface area (Å²) >= 11 is 0. The van der Waals surface area contributed by atoms with Crippen LogP contribution in [0.2, 0.25) is 0 Å². The molecule has 2 aliphatic heterocycles. The molecule has 2 aliphatic rings. The number of nitrogens with one attached hydrogen (secondary N) is 1. The Balaban J connectivity index is 1.84. The van der Waals surface area contributed by atoms with E-state index in [1.807, 2.05) is 4.90 Å². The van der Waals surface area contributed by atoms with E-state index >= 15 is 0 Å². The van der Waals surface area contributed by atoms with Gasteiger partial charge in [-0.2, -0.15) is 0 Å². The summed E-state index contributed by atoms with van der Waals surface area (Å²) in [5, 5.41) is 3.40. The number of piperidine rings is 1. The fraction of sp³-hybridized carbons (Fsp3) is 1.00. The number of halogens is 2. The van der Waals surface area contributed by atoms with Crippen molar-refractivity contribution in [2.75, 3.05) is 26.2 Å². The second-order valence-corrected chi connectivity index (χ2v) is 4.07. The van der Waals surface area contributed by atoms with Crippen molar-refractivity contribution >= 4 is 0 Å². The van der Waals surface area contributed by atoms with Gasteiger partial charge >= 0.3 is 0 Å². The molecule has 0 spiro atoms. The first-order valence-electron chi connectivity index (χ1n) is 4.99. The average molecular weight is 190 g/mol. The smallest absolute Gasteiger partial charge is 0.251 e. The molecule has 76 valence electrons. The van der Waals surface area contributed by atoms with Crippen molar-refractivity contribution in [3.05, 3.63) is 0 Å². The quantitative estimate of drug-likeness (QED) is 0.697. The lowest BCUT2D eigenvalue weighted by Gasteiger charge is -2.24. The minimum absolute atomic E-state index is 0.0469. The minimum Gasteiger partial charge on any atom is -0.312 e. The molecular weight excluding hydrogens is 174 g/mol. The summed E-state index contributed by atoms with van der Waals surface area (Å²) in [7, 11) is 0. The molecule has 0 amide bonds. The topological polar surface area (TPSA) is 15.3 Å². The summed E-state index contributed by atoms with van der Waals surface area (Å²) in [4.78, 5) is 1.89. The third-order valence-electron chi connectivity index (χ3n) is 3.07. The summed E-state index contributed by atoms with van der Waals surface area (Å²) < 4.78 is 24.2. The maximum Gasteiger partial charge on any atom is 0.251 e. The number of alkyl halides is 2. The van der Waals surface area contributed by atoms with Crippen LogP contribution in [0.3, 0.4) is 0 Å². The molecular formula is C9H16F2N2. The van der Waals surface area contributed by atoms with E-state index < -0.39 is 6.43 Å². The maximum atomic E-state index is 12.1. The molecule has 0 bridgehead atoms. The predicted octanol–water partition coefficient (Wildman–Crippen LogP) is 0.935. The maximum absolute atomic E-state index is 12.1. The van der Waals surface area contributed by atoms with Gasteiger partial charge in [-0.1, -0.05) is 0 Å². The van der Waals surface area contributed by atoms with Crippen LogP contribution in [0.1, 0.15) is 12.8 Å². The molecule has 0 saturated carbocycles. The van der Waals surface area contributed by atoms with Gasteiger partial charge in [0.15, 0.2) is 0 Å². The van der Waals surface area contributed by atoms with Gasteiger partial charge in [-0.15, -0.1) is 0 Å². The van der Waals surface area contributed by atoms with Crippen LogP contribution in [0.4, 0.5) is 8.78 Å². The first-order chi connectivity index (χ1) is 6.25. The lowest BCUT2D eigenvalue weighted by molar-refractivity contribution is 0.0975. The monoisotopic (exact) mass is 190 g/mol. The molecule has 2 saturated heterocycles. The van der Waals surface area contributed by atoms with Gasteiger partial charge in [0.2, 0.25) is 0 Å². The van der Waals surface area contributed by atoms with Crippen molar-refractivity contribution in [3.63, 3.8) is 0 Å². The molecule has 0 aromatic rings. The van der Waals surface area contributed by atoms with E-state index in [-0.39, 0.29) is 6.54 Å². The van der Waals surface area contributed by atoms with Crippen LogP contribution >= 0.6 is 0 Å². The predicted molar refractivity (Wildman–Crippen MR) is 47.0 cm³/mol. The number of hydrogen-bond acceptors (Lipinski definition) is 2. The van der Waals surface area contributed by atoms with E-state index in [9.17, 15) is 8.78 Å². The first kappa shape index (κ1) is 9.34. The van der Waals surface area contributed by atoms with E-state index in [1.54, 1.807) is 0 Å². The molecule has 2 nitrogen and oxygen atoms in total. The van der Waals surface area contributed by atoms with Crippen LogP contribution in [0.15, 0.2) is 0 Å². The Hall–Kier alpha value is -0.220. The van der Waals surface area contributed by atoms with Gasteiger partial charge < -0.3 is 5.32 Å². The zero-order chi connectivity index (χ0) is 9.26. The Morgan fingerprint density at radius 1 is 1.38 bits per heavy atom. The van der Waals surface area contributed by atoms with Crippen LogP contribution in [0.5, 0.6) is 0 Å². The Bertz CT molecular complexity index is 161. The molecule has 0 radical (unpaired) electrons. The second kappa shape index (κ2) is 3.88. The number of fused-ring (bicyclic) bond motifs is 1. The summed E-state index contributed by atoms with van der Waals surface area (Å²) in [6, 6.07) is 0.479. The average Bonchev–Trinajstić information content (AvgIpc) is 2.44. The molecule has 0 aromatic heterocycles. The summed E-state index contributed by atoms with van der Waals surface area (Å²) in [6.07, 6.45) is 0.223. The molecule has 0 unspecified atom stereocenters. The fourth-order valence-corrected chi connectivity index (χ4v) is 2.48. The summed E-state index contributed by atoms with van der Waals surface area (Å²) in [5.74, 6) is 0.618. The number of hydrogen-bond donors (Lipinski definition) is 1. The van der Waals surface area contributed by atoms with E-state index in [0.717, 1.165) is 19.6 Å². The fourth-order valence-electron chi connectivity index (χ4n) is 2.48. The molecule has 0 aromatic carbocycles. The molecule has 4 heteroatoms. The van der Waals surface area contributed by atoms with E-state index in [0.29, 0.717) is 12.0 Å². The van der Waals surface area contributed by atoms with Crippen LogP contribution in [-0.2, 0) is 0 Å². The van der Waals surface area contributed by atoms with Gasteiger partial charge in [0.1, 0.15) is 0 Å². The van der Waals surface area contributed by atoms with Crippen molar-refractivity contribution in [2.45, 2.75) is 25.3 Å². The van der Waals surface area contributed by atoms with E-state index in [1.165, 1.54) is 12.8 Å². The van der Waals surface area contributed by atoms with Gasteiger partial charge in [0.25, 0.3) is 6.43 Å². The molecule has 2 fully saturated rings. The molecule has 2 rings (SSSR count). The van der Waals surface area contributed by atoms with Crippen molar-refractivity contribution in [1.29, 1.82) is 0 Å². The Labute approximate surface area is 77.3 Å². The Morgan fingerprint density at radius 3 is 2.92 bits per heavy atom. The van der Waals surface area contributed by atoms with Crippen molar-refractivity contribution < 1.29 is 8.78 Å². The molecule has 1 N–H and O–H groups in total.